The Labute approximate surface area is 384 Å². The van der Waals surface area contributed by atoms with Crippen molar-refractivity contribution in [3.05, 3.63) is 136 Å². The van der Waals surface area contributed by atoms with Crippen LogP contribution in [0, 0.1) is 12.7 Å². The number of aromatic nitrogens is 4. The number of nitrogens with zero attached hydrogens (tertiary/aromatic N) is 6. The molecule has 0 saturated carbocycles. The van der Waals surface area contributed by atoms with E-state index < -0.39 is 12.1 Å². The second kappa shape index (κ2) is 19.3. The van der Waals surface area contributed by atoms with E-state index in [9.17, 15) is 19.1 Å². The first kappa shape index (κ1) is 43.8. The molecular formula is C50H46ClFN6O6S. The second-order valence-corrected chi connectivity index (χ2v) is 17.6. The zero-order chi connectivity index (χ0) is 45.0. The molecule has 0 radical (unpaired) electrons. The summed E-state index contributed by atoms with van der Waals surface area (Å²) in [6.07, 6.45) is 4.91. The SMILES string of the molecule is COc1ccccc1-c1nccc(COc2ccc3cc2C[C@H](C(=O)O)Oc2ncnc4sc(-c5ccc(F)cc5)c(c24)-c2ccc(c(Cl)c2C)CN(CCN2CCCCC2)C(=O)C3)n1. The van der Waals surface area contributed by atoms with Gasteiger partial charge in [0.15, 0.2) is 5.82 Å². The maximum atomic E-state index is 14.5. The minimum Gasteiger partial charge on any atom is -0.496 e. The first-order valence-corrected chi connectivity index (χ1v) is 22.7. The van der Waals surface area contributed by atoms with Gasteiger partial charge < -0.3 is 29.1 Å². The monoisotopic (exact) mass is 912 g/mol. The smallest absolute Gasteiger partial charge is 0.345 e. The maximum Gasteiger partial charge on any atom is 0.345 e. The standard InChI is InChI=1S/C50H46ClFN6O6S/c1-30-37-16-13-33(45(30)51)27-58(23-22-57-20-6-3-7-21-57)42(59)25-31-10-17-39(63-28-36-18-19-53-47(56-36)38-8-4-5-9-40(38)62-2)34(24-31)26-41(50(60)61)64-48-44-43(37)46(65-49(44)55-29-54-48)32-11-14-35(52)15-12-32/h4-5,8-19,24,29,41H,3,6-7,20-23,25-28H2,1-2H3,(H,60,61)/t41-/m1/s1. The molecular weight excluding hydrogens is 867 g/mol. The zero-order valence-corrected chi connectivity index (χ0v) is 37.5. The average Bonchev–Trinajstić information content (AvgIpc) is 3.71. The van der Waals surface area contributed by atoms with Crippen LogP contribution in [0.5, 0.6) is 17.4 Å². The number of carboxylic acid groups (broad SMARTS) is 1. The third-order valence-electron chi connectivity index (χ3n) is 12.0. The van der Waals surface area contributed by atoms with Crippen LogP contribution in [0.1, 0.15) is 47.2 Å². The molecule has 0 aliphatic carbocycles. The normalized spacial score (nSPS) is 15.7. The van der Waals surface area contributed by atoms with Crippen LogP contribution in [0.25, 0.3) is 43.2 Å². The molecule has 3 aromatic heterocycles. The van der Waals surface area contributed by atoms with Gasteiger partial charge in [0.2, 0.25) is 17.9 Å². The molecule has 3 aliphatic heterocycles. The number of rotatable bonds is 10. The summed E-state index contributed by atoms with van der Waals surface area (Å²) in [6.45, 7) is 5.44. The van der Waals surface area contributed by atoms with E-state index in [2.05, 4.69) is 19.9 Å². The average molecular weight is 913 g/mol. The first-order chi connectivity index (χ1) is 31.6. The predicted octanol–water partition coefficient (Wildman–Crippen LogP) is 9.62. The zero-order valence-electron chi connectivity index (χ0n) is 35.9. The van der Waals surface area contributed by atoms with Gasteiger partial charge in [-0.1, -0.05) is 66.6 Å². The van der Waals surface area contributed by atoms with Gasteiger partial charge in [-0.3, -0.25) is 4.79 Å². The number of aliphatic carboxylic acids is 1. The van der Waals surface area contributed by atoms with Gasteiger partial charge in [-0.15, -0.1) is 11.3 Å². The molecule has 6 heterocycles. The highest BCUT2D eigenvalue weighted by Crippen LogP contribution is 2.49. The summed E-state index contributed by atoms with van der Waals surface area (Å²) < 4.78 is 32.7. The Morgan fingerprint density at radius 2 is 1.75 bits per heavy atom. The Hall–Kier alpha value is -6.48. The Morgan fingerprint density at radius 1 is 0.938 bits per heavy atom. The van der Waals surface area contributed by atoms with E-state index >= 15 is 0 Å². The first-order valence-electron chi connectivity index (χ1n) is 21.5. The van der Waals surface area contributed by atoms with E-state index in [0.717, 1.165) is 65.2 Å². The number of amides is 1. The van der Waals surface area contributed by atoms with Crippen LogP contribution in [0.4, 0.5) is 4.39 Å². The van der Waals surface area contributed by atoms with Crippen LogP contribution in [0.2, 0.25) is 5.02 Å². The Balaban J connectivity index is 1.14. The fraction of sp³-hybridized carbons (Fsp3) is 0.280. The lowest BCUT2D eigenvalue weighted by molar-refractivity contribution is -0.145. The van der Waals surface area contributed by atoms with Crippen molar-refractivity contribution in [1.29, 1.82) is 0 Å². The highest BCUT2D eigenvalue weighted by Gasteiger charge is 2.30. The number of hydrogen-bond acceptors (Lipinski definition) is 11. The number of thiophene rings is 1. The molecule has 15 heteroatoms. The second-order valence-electron chi connectivity index (χ2n) is 16.2. The minimum atomic E-state index is -1.46. The van der Waals surface area contributed by atoms with E-state index in [-0.39, 0.29) is 43.6 Å². The van der Waals surface area contributed by atoms with Crippen molar-refractivity contribution in [3.8, 4) is 50.3 Å². The molecule has 1 saturated heterocycles. The molecule has 7 aromatic rings. The Morgan fingerprint density at radius 3 is 2.55 bits per heavy atom. The predicted molar refractivity (Wildman–Crippen MR) is 248 cm³/mol. The third kappa shape index (κ3) is 9.51. The fourth-order valence-corrected chi connectivity index (χ4v) is 9.94. The molecule has 65 heavy (non-hydrogen) atoms. The van der Waals surface area contributed by atoms with Crippen LogP contribution < -0.4 is 14.2 Å². The van der Waals surface area contributed by atoms with Crippen molar-refractivity contribution in [2.45, 2.75) is 58.3 Å². The van der Waals surface area contributed by atoms with Crippen molar-refractivity contribution in [3.63, 3.8) is 0 Å². The number of carbonyl (C=O) groups is 2. The van der Waals surface area contributed by atoms with Gasteiger partial charge in [0.05, 0.1) is 30.2 Å². The lowest BCUT2D eigenvalue weighted by Gasteiger charge is -2.30. The van der Waals surface area contributed by atoms with Crippen molar-refractivity contribution < 1.29 is 33.3 Å². The van der Waals surface area contributed by atoms with Crippen molar-refractivity contribution in [1.82, 2.24) is 29.7 Å². The van der Waals surface area contributed by atoms with Gasteiger partial charge in [-0.25, -0.2) is 29.1 Å². The van der Waals surface area contributed by atoms with E-state index in [0.29, 0.717) is 61.5 Å². The van der Waals surface area contributed by atoms with Gasteiger partial charge in [0.1, 0.15) is 35.1 Å². The summed E-state index contributed by atoms with van der Waals surface area (Å²) in [4.78, 5) is 51.7. The summed E-state index contributed by atoms with van der Waals surface area (Å²) in [6, 6.07) is 24.7. The van der Waals surface area contributed by atoms with E-state index in [1.807, 2.05) is 60.4 Å². The lowest BCUT2D eigenvalue weighted by atomic mass is 9.94. The number of methoxy groups -OCH3 is 1. The topological polar surface area (TPSA) is 140 Å². The summed E-state index contributed by atoms with van der Waals surface area (Å²) in [7, 11) is 1.59. The third-order valence-corrected chi connectivity index (χ3v) is 13.7. The Bertz CT molecular complexity index is 2890. The van der Waals surface area contributed by atoms with Crippen LogP contribution in [0.15, 0.2) is 97.5 Å². The quantitative estimate of drug-likeness (QED) is 0.140. The highest BCUT2D eigenvalue weighted by molar-refractivity contribution is 7.22. The van der Waals surface area contributed by atoms with Crippen molar-refractivity contribution in [2.75, 3.05) is 33.3 Å². The molecule has 0 unspecified atom stereocenters. The Kier molecular flexibility index (Phi) is 13.0. The van der Waals surface area contributed by atoms with Crippen molar-refractivity contribution >= 4 is 45.0 Å². The number of benzene rings is 4. The fourth-order valence-electron chi connectivity index (χ4n) is 8.57. The molecule has 10 rings (SSSR count). The van der Waals surface area contributed by atoms with Gasteiger partial charge in [0, 0.05) is 47.7 Å². The minimum absolute atomic E-state index is 0.0348. The molecule has 0 spiro atoms. The summed E-state index contributed by atoms with van der Waals surface area (Å²) in [5.41, 5.74) is 6.17. The number of carboxylic acids is 1. The van der Waals surface area contributed by atoms with E-state index in [1.165, 1.54) is 36.2 Å². The van der Waals surface area contributed by atoms with Crippen LogP contribution in [-0.4, -0.2) is 86.1 Å². The largest absolute Gasteiger partial charge is 0.496 e. The highest BCUT2D eigenvalue weighted by atomic mass is 35.5. The number of carbonyl (C=O) groups excluding carboxylic acids is 1. The van der Waals surface area contributed by atoms with Crippen molar-refractivity contribution in [2.24, 2.45) is 0 Å². The molecule has 3 aliphatic rings. The number of halogens is 2. The summed E-state index contributed by atoms with van der Waals surface area (Å²) in [5, 5.41) is 11.8. The number of likely N-dealkylation sites (tertiary alicyclic amines) is 1. The van der Waals surface area contributed by atoms with Gasteiger partial charge in [0.25, 0.3) is 0 Å². The van der Waals surface area contributed by atoms with E-state index in [1.54, 1.807) is 37.6 Å². The molecule has 1 N–H and O–H groups in total. The molecule has 4 bridgehead atoms. The summed E-state index contributed by atoms with van der Waals surface area (Å²) in [5.74, 6) is -0.162. The molecule has 4 aromatic carbocycles. The molecule has 12 nitrogen and oxygen atoms in total. The van der Waals surface area contributed by atoms with Crippen LogP contribution >= 0.6 is 22.9 Å². The number of ether oxygens (including phenoxy) is 3. The molecule has 1 atom stereocenters. The van der Waals surface area contributed by atoms with E-state index in [4.69, 9.17) is 30.8 Å². The lowest BCUT2D eigenvalue weighted by Crippen LogP contribution is -2.40. The van der Waals surface area contributed by atoms with Gasteiger partial charge in [-0.05, 0) is 103 Å². The number of piperidine rings is 1. The van der Waals surface area contributed by atoms with Crippen LogP contribution in [0.3, 0.4) is 0 Å². The molecule has 1 amide bonds. The molecule has 1 fully saturated rings. The number of fused-ring (bicyclic) bond motifs is 7. The van der Waals surface area contributed by atoms with Crippen LogP contribution in [-0.2, 0) is 35.6 Å². The van der Waals surface area contributed by atoms with Gasteiger partial charge in [-0.2, -0.15) is 0 Å². The number of hydrogen-bond donors (Lipinski definition) is 1. The molecule has 332 valence electrons. The maximum absolute atomic E-state index is 14.5. The van der Waals surface area contributed by atoms with Gasteiger partial charge >= 0.3 is 5.97 Å². The summed E-state index contributed by atoms with van der Waals surface area (Å²) >= 11 is 8.66. The number of para-hydroxylation sites is 1.